The summed E-state index contributed by atoms with van der Waals surface area (Å²) in [5, 5.41) is 0. The zero-order valence-corrected chi connectivity index (χ0v) is 13.1. The molecule has 2 aromatic heterocycles. The van der Waals surface area contributed by atoms with Crippen molar-refractivity contribution in [3.05, 3.63) is 16.2 Å². The number of fused-ring (bicyclic) bond motifs is 1. The summed E-state index contributed by atoms with van der Waals surface area (Å²) in [6.07, 6.45) is 3.37. The van der Waals surface area contributed by atoms with E-state index in [1.807, 2.05) is 6.92 Å². The van der Waals surface area contributed by atoms with Crippen LogP contribution in [0.2, 0.25) is 0 Å². The van der Waals surface area contributed by atoms with Crippen LogP contribution in [0, 0.1) is 6.92 Å². The molecule has 1 saturated carbocycles. The summed E-state index contributed by atoms with van der Waals surface area (Å²) in [6.45, 7) is 2.32. The average Bonchev–Trinajstić information content (AvgIpc) is 3.00. The molecule has 8 heteroatoms. The molecule has 0 aromatic carbocycles. The van der Waals surface area contributed by atoms with Gasteiger partial charge in [0.15, 0.2) is 10.3 Å². The summed E-state index contributed by atoms with van der Waals surface area (Å²) in [5.74, 6) is 0.661. The first-order chi connectivity index (χ1) is 9.48. The quantitative estimate of drug-likeness (QED) is 0.788. The van der Waals surface area contributed by atoms with Gasteiger partial charge in [0.05, 0.1) is 12.1 Å². The van der Waals surface area contributed by atoms with Crippen molar-refractivity contribution in [1.82, 2.24) is 14.5 Å². The lowest BCUT2D eigenvalue weighted by atomic mass is 10.2. The van der Waals surface area contributed by atoms with Crippen molar-refractivity contribution in [2.75, 3.05) is 20.0 Å². The normalized spacial score (nSPS) is 18.4. The largest absolute Gasteiger partial charge is 0.610 e. The third-order valence-corrected chi connectivity index (χ3v) is 5.82. The Kier molecular flexibility index (Phi) is 3.36. The topological polar surface area (TPSA) is 80.1 Å². The molecule has 2 heterocycles. The predicted octanol–water partition coefficient (Wildman–Crippen LogP) is 1.03. The maximum absolute atomic E-state index is 12.7. The minimum absolute atomic E-state index is 0.157. The summed E-state index contributed by atoms with van der Waals surface area (Å²) in [7, 11) is 1.63. The highest BCUT2D eigenvalue weighted by Crippen LogP contribution is 2.43. The molecule has 6 nitrogen and oxygen atoms in total. The Balaban J connectivity index is 2.21. The zero-order valence-electron chi connectivity index (χ0n) is 11.5. The van der Waals surface area contributed by atoms with Crippen LogP contribution in [0.25, 0.3) is 10.3 Å². The van der Waals surface area contributed by atoms with E-state index in [1.165, 1.54) is 11.3 Å². The van der Waals surface area contributed by atoms with Crippen molar-refractivity contribution in [3.8, 4) is 0 Å². The van der Waals surface area contributed by atoms with E-state index in [4.69, 9.17) is 4.74 Å². The van der Waals surface area contributed by atoms with Gasteiger partial charge in [0.2, 0.25) is 0 Å². The van der Waals surface area contributed by atoms with Crippen molar-refractivity contribution in [2.24, 2.45) is 0 Å². The van der Waals surface area contributed by atoms with Gasteiger partial charge in [-0.3, -0.25) is 9.36 Å². The van der Waals surface area contributed by atoms with Gasteiger partial charge in [-0.05, 0) is 31.1 Å². The van der Waals surface area contributed by atoms with Crippen molar-refractivity contribution in [1.29, 1.82) is 0 Å². The molecule has 0 amide bonds. The van der Waals surface area contributed by atoms with Crippen molar-refractivity contribution >= 4 is 32.9 Å². The van der Waals surface area contributed by atoms with Crippen LogP contribution in [0.3, 0.4) is 0 Å². The molecule has 0 bridgehead atoms. The van der Waals surface area contributed by atoms with E-state index in [-0.39, 0.29) is 11.1 Å². The van der Waals surface area contributed by atoms with E-state index in [2.05, 4.69) is 9.97 Å². The SMILES string of the molecule is COCC1(n2c(C)nc3sc([S+](C)[O-])nc3c2=O)CC1. The Hall–Kier alpha value is -0.960. The fraction of sp³-hybridized carbons (Fsp3) is 0.583. The highest BCUT2D eigenvalue weighted by atomic mass is 32.2. The fourth-order valence-corrected chi connectivity index (χ4v) is 4.12. The lowest BCUT2D eigenvalue weighted by molar-refractivity contribution is 0.140. The minimum atomic E-state index is -1.20. The standard InChI is InChI=1S/C12H15N3O3S2/c1-7-13-9-8(14-11(19-9)20(3)17)10(16)15(7)12(4-5-12)6-18-2/h4-6H2,1-3H3. The molecule has 3 rings (SSSR count). The molecule has 1 aliphatic rings. The van der Waals surface area contributed by atoms with Crippen LogP contribution < -0.4 is 5.56 Å². The lowest BCUT2D eigenvalue weighted by Gasteiger charge is -2.19. The molecule has 0 spiro atoms. The van der Waals surface area contributed by atoms with Gasteiger partial charge in [-0.15, -0.1) is 0 Å². The molecule has 1 unspecified atom stereocenters. The maximum atomic E-state index is 12.7. The summed E-state index contributed by atoms with van der Waals surface area (Å²) >= 11 is 0.0224. The van der Waals surface area contributed by atoms with E-state index in [0.29, 0.717) is 27.1 Å². The Morgan fingerprint density at radius 2 is 2.20 bits per heavy atom. The van der Waals surface area contributed by atoms with E-state index < -0.39 is 11.2 Å². The molecule has 1 aliphatic carbocycles. The third kappa shape index (κ3) is 2.07. The number of hydrogen-bond donors (Lipinski definition) is 0. The lowest BCUT2D eigenvalue weighted by Crippen LogP contribution is -2.36. The van der Waals surface area contributed by atoms with Crippen molar-refractivity contribution in [2.45, 2.75) is 29.6 Å². The van der Waals surface area contributed by atoms with E-state index in [0.717, 1.165) is 12.8 Å². The van der Waals surface area contributed by atoms with Crippen LogP contribution >= 0.6 is 11.3 Å². The van der Waals surface area contributed by atoms with Gasteiger partial charge in [0.1, 0.15) is 12.1 Å². The van der Waals surface area contributed by atoms with E-state index in [9.17, 15) is 9.35 Å². The summed E-state index contributed by atoms with van der Waals surface area (Å²) in [6, 6.07) is 0. The Morgan fingerprint density at radius 3 is 2.75 bits per heavy atom. The number of thiazole rings is 1. The molecule has 0 saturated heterocycles. The second kappa shape index (κ2) is 4.80. The third-order valence-electron chi connectivity index (χ3n) is 3.54. The number of aryl methyl sites for hydroxylation is 1. The maximum Gasteiger partial charge on any atom is 0.304 e. The smallest absolute Gasteiger partial charge is 0.304 e. The van der Waals surface area contributed by atoms with Gasteiger partial charge >= 0.3 is 4.34 Å². The zero-order chi connectivity index (χ0) is 14.5. The Bertz CT molecular complexity index is 719. The summed E-state index contributed by atoms with van der Waals surface area (Å²) < 4.78 is 18.9. The van der Waals surface area contributed by atoms with Gasteiger partial charge in [-0.25, -0.2) is 4.98 Å². The van der Waals surface area contributed by atoms with Crippen LogP contribution in [0.1, 0.15) is 18.7 Å². The summed E-state index contributed by atoms with van der Waals surface area (Å²) in [4.78, 5) is 21.9. The monoisotopic (exact) mass is 313 g/mol. The second-order valence-corrected chi connectivity index (χ2v) is 7.58. The number of ether oxygens (including phenoxy) is 1. The Morgan fingerprint density at radius 1 is 1.50 bits per heavy atom. The molecular formula is C12H15N3O3S2. The number of rotatable bonds is 4. The molecule has 2 aromatic rings. The molecule has 20 heavy (non-hydrogen) atoms. The first-order valence-corrected chi connectivity index (χ1v) is 8.59. The van der Waals surface area contributed by atoms with Crippen LogP contribution in [0.5, 0.6) is 0 Å². The molecule has 0 N–H and O–H groups in total. The van der Waals surface area contributed by atoms with Gasteiger partial charge in [-0.2, -0.15) is 4.98 Å². The van der Waals surface area contributed by atoms with Gasteiger partial charge < -0.3 is 9.29 Å². The van der Waals surface area contributed by atoms with Crippen LogP contribution in [-0.2, 0) is 21.5 Å². The number of methoxy groups -OCH3 is 1. The molecule has 1 fully saturated rings. The van der Waals surface area contributed by atoms with Crippen LogP contribution in [0.4, 0.5) is 0 Å². The highest BCUT2D eigenvalue weighted by Gasteiger charge is 2.47. The molecule has 1 atom stereocenters. The van der Waals surface area contributed by atoms with Gasteiger partial charge in [0.25, 0.3) is 5.56 Å². The minimum Gasteiger partial charge on any atom is -0.610 e. The van der Waals surface area contributed by atoms with E-state index >= 15 is 0 Å². The summed E-state index contributed by atoms with van der Waals surface area (Å²) in [5.41, 5.74) is -0.116. The Labute approximate surface area is 123 Å². The molecule has 0 aliphatic heterocycles. The van der Waals surface area contributed by atoms with Crippen LogP contribution in [-0.4, -0.2) is 39.1 Å². The fourth-order valence-electron chi connectivity index (χ4n) is 2.48. The highest BCUT2D eigenvalue weighted by molar-refractivity contribution is 7.92. The number of aromatic nitrogens is 3. The van der Waals surface area contributed by atoms with Gasteiger partial charge in [-0.1, -0.05) is 0 Å². The first kappa shape index (κ1) is 14.0. The first-order valence-electron chi connectivity index (χ1n) is 6.21. The van der Waals surface area contributed by atoms with Crippen LogP contribution in [0.15, 0.2) is 9.13 Å². The van der Waals surface area contributed by atoms with E-state index in [1.54, 1.807) is 17.9 Å². The van der Waals surface area contributed by atoms with Crippen molar-refractivity contribution < 1.29 is 9.29 Å². The average molecular weight is 313 g/mol. The predicted molar refractivity (Wildman–Crippen MR) is 77.8 cm³/mol. The number of hydrogen-bond acceptors (Lipinski definition) is 6. The second-order valence-electron chi connectivity index (χ2n) is 5.04. The molecule has 108 valence electrons. The van der Waals surface area contributed by atoms with Crippen molar-refractivity contribution in [3.63, 3.8) is 0 Å². The number of nitrogens with zero attached hydrogens (tertiary/aromatic N) is 3. The molecule has 0 radical (unpaired) electrons. The van der Waals surface area contributed by atoms with Gasteiger partial charge in [0, 0.05) is 18.3 Å². The molecular weight excluding hydrogens is 298 g/mol.